The van der Waals surface area contributed by atoms with Crippen LogP contribution in [0, 0.1) is 11.3 Å². The Kier molecular flexibility index (Phi) is 6.50. The van der Waals surface area contributed by atoms with E-state index in [0.717, 1.165) is 16.8 Å². The molecule has 0 fully saturated rings. The molecule has 0 amide bonds. The summed E-state index contributed by atoms with van der Waals surface area (Å²) in [5, 5.41) is 8.75. The van der Waals surface area contributed by atoms with E-state index >= 15 is 0 Å². The molecule has 3 nitrogen and oxygen atoms in total. The van der Waals surface area contributed by atoms with Gasteiger partial charge in [-0.1, -0.05) is 48.6 Å². The number of anilines is 1. The molecule has 0 unspecified atom stereocenters. The van der Waals surface area contributed by atoms with Crippen molar-refractivity contribution in [2.24, 2.45) is 0 Å². The van der Waals surface area contributed by atoms with E-state index in [1.165, 1.54) is 6.08 Å². The molecule has 2 aromatic rings. The molecule has 3 heteroatoms. The second-order valence-corrected chi connectivity index (χ2v) is 5.67. The Hall–Kier alpha value is -3.38. The fraction of sp³-hybridized carbons (Fsp3) is 0.0909. The first-order valence-electron chi connectivity index (χ1n) is 7.93. The number of carbonyl (C=O) groups excluding carboxylic acids is 1. The standard InChI is InChI=1S/C22H20N2O/c1-24(2)21-14-11-19(12-15-21)13-16-22(25)6-4-3-5-18-7-9-20(17-23)10-8-18/h3-16H,1-2H3/b5-3+,6-4+,16-13+. The van der Waals surface area contributed by atoms with Crippen molar-refractivity contribution in [3.63, 3.8) is 0 Å². The van der Waals surface area contributed by atoms with Crippen LogP contribution in [-0.4, -0.2) is 19.9 Å². The van der Waals surface area contributed by atoms with Gasteiger partial charge in [0.05, 0.1) is 11.6 Å². The van der Waals surface area contributed by atoms with Crippen molar-refractivity contribution in [3.05, 3.63) is 89.5 Å². The number of nitrogens with zero attached hydrogens (tertiary/aromatic N) is 2. The summed E-state index contributed by atoms with van der Waals surface area (Å²) >= 11 is 0. The summed E-state index contributed by atoms with van der Waals surface area (Å²) in [5.41, 5.74) is 3.72. The lowest BCUT2D eigenvalue weighted by atomic mass is 10.1. The maximum absolute atomic E-state index is 11.8. The number of ketones is 1. The normalized spacial score (nSPS) is 11.2. The van der Waals surface area contributed by atoms with Crippen LogP contribution in [0.25, 0.3) is 12.2 Å². The van der Waals surface area contributed by atoms with Crippen LogP contribution in [0.15, 0.2) is 72.8 Å². The van der Waals surface area contributed by atoms with Gasteiger partial charge in [0.1, 0.15) is 0 Å². The molecule has 0 N–H and O–H groups in total. The highest BCUT2D eigenvalue weighted by molar-refractivity contribution is 6.02. The third kappa shape index (κ3) is 5.96. The van der Waals surface area contributed by atoms with Gasteiger partial charge in [0, 0.05) is 19.8 Å². The maximum Gasteiger partial charge on any atom is 0.178 e. The van der Waals surface area contributed by atoms with E-state index in [2.05, 4.69) is 6.07 Å². The number of rotatable bonds is 6. The van der Waals surface area contributed by atoms with Gasteiger partial charge in [0.15, 0.2) is 5.78 Å². The summed E-state index contributed by atoms with van der Waals surface area (Å²) in [6.07, 6.45) is 10.3. The van der Waals surface area contributed by atoms with Crippen molar-refractivity contribution in [3.8, 4) is 6.07 Å². The average molecular weight is 328 g/mol. The SMILES string of the molecule is CN(C)c1ccc(/C=C/C(=O)/C=C/C=C/c2ccc(C#N)cc2)cc1. The van der Waals surface area contributed by atoms with Gasteiger partial charge in [-0.05, 0) is 47.5 Å². The fourth-order valence-corrected chi connectivity index (χ4v) is 2.10. The van der Waals surface area contributed by atoms with E-state index < -0.39 is 0 Å². The minimum atomic E-state index is -0.0684. The second-order valence-electron chi connectivity index (χ2n) is 5.67. The maximum atomic E-state index is 11.8. The van der Waals surface area contributed by atoms with Gasteiger partial charge in [-0.15, -0.1) is 0 Å². The molecular weight excluding hydrogens is 308 g/mol. The van der Waals surface area contributed by atoms with E-state index in [4.69, 9.17) is 5.26 Å². The van der Waals surface area contributed by atoms with Crippen molar-refractivity contribution in [1.82, 2.24) is 0 Å². The topological polar surface area (TPSA) is 44.1 Å². The molecule has 0 heterocycles. The smallest absolute Gasteiger partial charge is 0.178 e. The highest BCUT2D eigenvalue weighted by Gasteiger charge is 1.94. The van der Waals surface area contributed by atoms with Gasteiger partial charge < -0.3 is 4.90 Å². The van der Waals surface area contributed by atoms with Gasteiger partial charge >= 0.3 is 0 Å². The predicted molar refractivity (Wildman–Crippen MR) is 104 cm³/mol. The molecule has 0 bridgehead atoms. The molecule has 0 aliphatic rings. The highest BCUT2D eigenvalue weighted by atomic mass is 16.1. The van der Waals surface area contributed by atoms with E-state index in [1.807, 2.05) is 61.5 Å². The largest absolute Gasteiger partial charge is 0.378 e. The Balaban J connectivity index is 1.89. The third-order valence-corrected chi connectivity index (χ3v) is 3.55. The molecule has 0 radical (unpaired) electrons. The van der Waals surface area contributed by atoms with Crippen LogP contribution in [0.3, 0.4) is 0 Å². The number of hydrogen-bond acceptors (Lipinski definition) is 3. The van der Waals surface area contributed by atoms with E-state index in [1.54, 1.807) is 36.4 Å². The van der Waals surface area contributed by atoms with E-state index in [-0.39, 0.29) is 5.78 Å². The van der Waals surface area contributed by atoms with Gasteiger partial charge in [-0.25, -0.2) is 0 Å². The summed E-state index contributed by atoms with van der Waals surface area (Å²) in [6, 6.07) is 17.3. The zero-order valence-corrected chi connectivity index (χ0v) is 14.4. The van der Waals surface area contributed by atoms with Gasteiger partial charge in [0.2, 0.25) is 0 Å². The van der Waals surface area contributed by atoms with Crippen molar-refractivity contribution in [2.75, 3.05) is 19.0 Å². The van der Waals surface area contributed by atoms with Crippen molar-refractivity contribution < 1.29 is 4.79 Å². The van der Waals surface area contributed by atoms with Gasteiger partial charge in [-0.3, -0.25) is 4.79 Å². The summed E-state index contributed by atoms with van der Waals surface area (Å²) in [4.78, 5) is 13.9. The molecule has 124 valence electrons. The van der Waals surface area contributed by atoms with E-state index in [0.29, 0.717) is 5.56 Å². The Bertz CT molecular complexity index is 833. The van der Waals surface area contributed by atoms with Crippen LogP contribution in [0.5, 0.6) is 0 Å². The molecule has 2 rings (SSSR count). The summed E-state index contributed by atoms with van der Waals surface area (Å²) in [6.45, 7) is 0. The molecule has 2 aromatic carbocycles. The van der Waals surface area contributed by atoms with Crippen molar-refractivity contribution in [2.45, 2.75) is 0 Å². The number of nitriles is 1. The molecule has 0 aliphatic carbocycles. The molecule has 0 aliphatic heterocycles. The van der Waals surface area contributed by atoms with Crippen molar-refractivity contribution in [1.29, 1.82) is 5.26 Å². The third-order valence-electron chi connectivity index (χ3n) is 3.55. The lowest BCUT2D eigenvalue weighted by Gasteiger charge is -2.11. The second kappa shape index (κ2) is 9.05. The lowest BCUT2D eigenvalue weighted by molar-refractivity contribution is -0.110. The van der Waals surface area contributed by atoms with Crippen LogP contribution in [0.2, 0.25) is 0 Å². The number of allylic oxidation sites excluding steroid dienone is 4. The summed E-state index contributed by atoms with van der Waals surface area (Å²) in [5.74, 6) is -0.0684. The van der Waals surface area contributed by atoms with Crippen LogP contribution in [0.1, 0.15) is 16.7 Å². The Morgan fingerprint density at radius 2 is 1.48 bits per heavy atom. The zero-order valence-electron chi connectivity index (χ0n) is 14.4. The number of carbonyl (C=O) groups is 1. The predicted octanol–water partition coefficient (Wildman–Crippen LogP) is 4.48. The van der Waals surface area contributed by atoms with E-state index in [9.17, 15) is 4.79 Å². The molecule has 0 aromatic heterocycles. The van der Waals surface area contributed by atoms with Crippen LogP contribution >= 0.6 is 0 Å². The molecule has 0 saturated carbocycles. The average Bonchev–Trinajstić information content (AvgIpc) is 2.64. The minimum Gasteiger partial charge on any atom is -0.378 e. The summed E-state index contributed by atoms with van der Waals surface area (Å²) < 4.78 is 0. The van der Waals surface area contributed by atoms with Gasteiger partial charge in [0.25, 0.3) is 0 Å². The number of benzene rings is 2. The van der Waals surface area contributed by atoms with Gasteiger partial charge in [-0.2, -0.15) is 5.26 Å². The van der Waals surface area contributed by atoms with Crippen LogP contribution in [-0.2, 0) is 4.79 Å². The first-order valence-corrected chi connectivity index (χ1v) is 7.93. The zero-order chi connectivity index (χ0) is 18.1. The number of hydrogen-bond donors (Lipinski definition) is 0. The van der Waals surface area contributed by atoms with Crippen LogP contribution in [0.4, 0.5) is 5.69 Å². The molecule has 0 spiro atoms. The first kappa shape index (κ1) is 18.0. The quantitative estimate of drug-likeness (QED) is 0.580. The Morgan fingerprint density at radius 3 is 2.08 bits per heavy atom. The minimum absolute atomic E-state index is 0.0684. The summed E-state index contributed by atoms with van der Waals surface area (Å²) in [7, 11) is 3.98. The fourth-order valence-electron chi connectivity index (χ4n) is 2.10. The monoisotopic (exact) mass is 328 g/mol. The van der Waals surface area contributed by atoms with Crippen molar-refractivity contribution >= 4 is 23.6 Å². The lowest BCUT2D eigenvalue weighted by Crippen LogP contribution is -2.07. The molecule has 0 atom stereocenters. The van der Waals surface area contributed by atoms with Crippen LogP contribution < -0.4 is 4.90 Å². The molecule has 0 saturated heterocycles. The Morgan fingerprint density at radius 1 is 0.880 bits per heavy atom. The molecule has 25 heavy (non-hydrogen) atoms. The molecular formula is C22H20N2O. The first-order chi connectivity index (χ1) is 12.1. The Labute approximate surface area is 148 Å². The highest BCUT2D eigenvalue weighted by Crippen LogP contribution is 2.13.